The van der Waals surface area contributed by atoms with Crippen LogP contribution in [0.2, 0.25) is 0 Å². The monoisotopic (exact) mass is 287 g/mol. The van der Waals surface area contributed by atoms with E-state index in [4.69, 9.17) is 4.74 Å². The van der Waals surface area contributed by atoms with Crippen molar-refractivity contribution in [2.75, 3.05) is 19.7 Å². The molecule has 0 N–H and O–H groups in total. The van der Waals surface area contributed by atoms with Crippen LogP contribution in [0.4, 0.5) is 0 Å². The highest BCUT2D eigenvalue weighted by molar-refractivity contribution is 5.78. The Hall–Kier alpha value is -1.51. The lowest BCUT2D eigenvalue weighted by Gasteiger charge is -2.23. The first-order valence-electron chi connectivity index (χ1n) is 8.10. The molecule has 0 aromatic heterocycles. The average molecular weight is 287 g/mol. The van der Waals surface area contributed by atoms with E-state index in [1.54, 1.807) is 0 Å². The highest BCUT2D eigenvalue weighted by atomic mass is 16.5. The normalized spacial score (nSPS) is 17.6. The van der Waals surface area contributed by atoms with Gasteiger partial charge >= 0.3 is 0 Å². The van der Waals surface area contributed by atoms with E-state index in [1.807, 2.05) is 36.9 Å². The number of aryl methyl sites for hydroxylation is 2. The van der Waals surface area contributed by atoms with Crippen LogP contribution in [0, 0.1) is 25.7 Å². The van der Waals surface area contributed by atoms with E-state index in [9.17, 15) is 4.79 Å². The molecule has 114 valence electrons. The van der Waals surface area contributed by atoms with Crippen LogP contribution in [0.25, 0.3) is 0 Å². The Morgan fingerprint density at radius 2 is 1.62 bits per heavy atom. The lowest BCUT2D eigenvalue weighted by atomic mass is 10.1. The zero-order chi connectivity index (χ0) is 14.8. The van der Waals surface area contributed by atoms with E-state index in [1.165, 1.54) is 25.7 Å². The summed E-state index contributed by atoms with van der Waals surface area (Å²) in [7, 11) is 0. The molecule has 0 bridgehead atoms. The van der Waals surface area contributed by atoms with Crippen LogP contribution >= 0.6 is 0 Å². The number of hydrogen-bond donors (Lipinski definition) is 0. The van der Waals surface area contributed by atoms with E-state index in [0.29, 0.717) is 0 Å². The molecule has 3 nitrogen and oxygen atoms in total. The second-order valence-electron chi connectivity index (χ2n) is 6.70. The Morgan fingerprint density at radius 1 is 1.10 bits per heavy atom. The number of nitrogens with zero attached hydrogens (tertiary/aromatic N) is 1. The van der Waals surface area contributed by atoms with Gasteiger partial charge in [-0.1, -0.05) is 18.2 Å². The standard InChI is InChI=1S/C18H25NO2/c1-13-4-3-5-14(2)18(13)21-12-17(20)19(10-15-6-7-15)11-16-8-9-16/h3-5,15-16H,6-12H2,1-2H3. The molecular formula is C18H25NO2. The molecular weight excluding hydrogens is 262 g/mol. The number of para-hydroxylation sites is 1. The Morgan fingerprint density at radius 3 is 2.10 bits per heavy atom. The van der Waals surface area contributed by atoms with E-state index in [2.05, 4.69) is 0 Å². The average Bonchev–Trinajstić information content (AvgIpc) is 3.32. The summed E-state index contributed by atoms with van der Waals surface area (Å²) >= 11 is 0. The number of amides is 1. The number of rotatable bonds is 7. The molecule has 3 heteroatoms. The molecule has 0 spiro atoms. The topological polar surface area (TPSA) is 29.5 Å². The first-order chi connectivity index (χ1) is 10.1. The minimum absolute atomic E-state index is 0.149. The third-order valence-electron chi connectivity index (χ3n) is 4.45. The molecule has 0 atom stereocenters. The summed E-state index contributed by atoms with van der Waals surface area (Å²) in [4.78, 5) is 14.5. The summed E-state index contributed by atoms with van der Waals surface area (Å²) in [5, 5.41) is 0. The van der Waals surface area contributed by atoms with Crippen molar-refractivity contribution in [3.8, 4) is 5.75 Å². The van der Waals surface area contributed by atoms with E-state index in [-0.39, 0.29) is 12.5 Å². The minimum atomic E-state index is 0.149. The molecule has 2 saturated carbocycles. The summed E-state index contributed by atoms with van der Waals surface area (Å²) < 4.78 is 5.82. The van der Waals surface area contributed by atoms with Gasteiger partial charge in [0.05, 0.1) is 0 Å². The maximum absolute atomic E-state index is 12.5. The molecule has 0 radical (unpaired) electrons. The Balaban J connectivity index is 1.57. The highest BCUT2D eigenvalue weighted by Gasteiger charge is 2.31. The molecule has 2 fully saturated rings. The van der Waals surface area contributed by atoms with Gasteiger partial charge in [-0.25, -0.2) is 0 Å². The van der Waals surface area contributed by atoms with Crippen molar-refractivity contribution < 1.29 is 9.53 Å². The molecule has 0 unspecified atom stereocenters. The molecule has 0 aliphatic heterocycles. The van der Waals surface area contributed by atoms with Crippen molar-refractivity contribution in [2.24, 2.45) is 11.8 Å². The van der Waals surface area contributed by atoms with Gasteiger partial charge in [0.15, 0.2) is 6.61 Å². The van der Waals surface area contributed by atoms with Crippen LogP contribution in [0.15, 0.2) is 18.2 Å². The van der Waals surface area contributed by atoms with E-state index < -0.39 is 0 Å². The predicted molar refractivity (Wildman–Crippen MR) is 83.4 cm³/mol. The lowest BCUT2D eigenvalue weighted by Crippen LogP contribution is -2.38. The third-order valence-corrected chi connectivity index (χ3v) is 4.45. The molecule has 3 rings (SSSR count). The van der Waals surface area contributed by atoms with Crippen LogP contribution in [-0.2, 0) is 4.79 Å². The van der Waals surface area contributed by atoms with Gasteiger partial charge in [0.2, 0.25) is 0 Å². The highest BCUT2D eigenvalue weighted by Crippen LogP contribution is 2.33. The van der Waals surface area contributed by atoms with Crippen LogP contribution in [0.3, 0.4) is 0 Å². The van der Waals surface area contributed by atoms with E-state index in [0.717, 1.165) is 41.8 Å². The van der Waals surface area contributed by atoms with Gasteiger partial charge in [0.25, 0.3) is 5.91 Å². The van der Waals surface area contributed by atoms with Gasteiger partial charge < -0.3 is 9.64 Å². The Kier molecular flexibility index (Phi) is 4.18. The second kappa shape index (κ2) is 6.08. The predicted octanol–water partition coefficient (Wildman–Crippen LogP) is 3.33. The lowest BCUT2D eigenvalue weighted by molar-refractivity contribution is -0.133. The molecule has 21 heavy (non-hydrogen) atoms. The first-order valence-corrected chi connectivity index (χ1v) is 8.10. The molecule has 1 amide bonds. The SMILES string of the molecule is Cc1cccc(C)c1OCC(=O)N(CC1CC1)CC1CC1. The van der Waals surface area contributed by atoms with Crippen LogP contribution in [0.1, 0.15) is 36.8 Å². The van der Waals surface area contributed by atoms with Gasteiger partial charge in [-0.15, -0.1) is 0 Å². The summed E-state index contributed by atoms with van der Waals surface area (Å²) in [5.41, 5.74) is 2.19. The number of carbonyl (C=O) groups is 1. The fourth-order valence-electron chi connectivity index (χ4n) is 2.75. The number of hydrogen-bond acceptors (Lipinski definition) is 2. The quantitative estimate of drug-likeness (QED) is 0.770. The van der Waals surface area contributed by atoms with Crippen molar-refractivity contribution in [3.63, 3.8) is 0 Å². The Labute approximate surface area is 127 Å². The van der Waals surface area contributed by atoms with Crippen molar-refractivity contribution in [3.05, 3.63) is 29.3 Å². The van der Waals surface area contributed by atoms with Crippen molar-refractivity contribution in [1.29, 1.82) is 0 Å². The molecule has 1 aromatic carbocycles. The maximum atomic E-state index is 12.5. The third kappa shape index (κ3) is 3.99. The van der Waals surface area contributed by atoms with Crippen molar-refractivity contribution in [2.45, 2.75) is 39.5 Å². The van der Waals surface area contributed by atoms with Gasteiger partial charge in [-0.3, -0.25) is 4.79 Å². The number of carbonyl (C=O) groups excluding carboxylic acids is 1. The summed E-state index contributed by atoms with van der Waals surface area (Å²) in [6, 6.07) is 6.07. The molecule has 2 aliphatic carbocycles. The first kappa shape index (κ1) is 14.4. The summed E-state index contributed by atoms with van der Waals surface area (Å²) in [5.74, 6) is 2.50. The van der Waals surface area contributed by atoms with Crippen molar-refractivity contribution in [1.82, 2.24) is 4.90 Å². The Bertz CT molecular complexity index is 484. The summed E-state index contributed by atoms with van der Waals surface area (Å²) in [6.07, 6.45) is 5.14. The molecule has 0 saturated heterocycles. The van der Waals surface area contributed by atoms with Gasteiger partial charge in [-0.05, 0) is 62.5 Å². The van der Waals surface area contributed by atoms with Crippen LogP contribution < -0.4 is 4.74 Å². The maximum Gasteiger partial charge on any atom is 0.260 e. The largest absolute Gasteiger partial charge is 0.483 e. The van der Waals surface area contributed by atoms with Crippen LogP contribution in [0.5, 0.6) is 5.75 Å². The summed E-state index contributed by atoms with van der Waals surface area (Å²) in [6.45, 7) is 6.10. The van der Waals surface area contributed by atoms with E-state index >= 15 is 0 Å². The second-order valence-corrected chi connectivity index (χ2v) is 6.70. The van der Waals surface area contributed by atoms with Crippen LogP contribution in [-0.4, -0.2) is 30.5 Å². The zero-order valence-electron chi connectivity index (χ0n) is 13.1. The smallest absolute Gasteiger partial charge is 0.260 e. The fourth-order valence-corrected chi connectivity index (χ4v) is 2.75. The van der Waals surface area contributed by atoms with Crippen molar-refractivity contribution >= 4 is 5.91 Å². The van der Waals surface area contributed by atoms with Gasteiger partial charge in [0, 0.05) is 13.1 Å². The van der Waals surface area contributed by atoms with Gasteiger partial charge in [-0.2, -0.15) is 0 Å². The number of ether oxygens (including phenoxy) is 1. The minimum Gasteiger partial charge on any atom is -0.483 e. The fraction of sp³-hybridized carbons (Fsp3) is 0.611. The number of benzene rings is 1. The molecule has 1 aromatic rings. The van der Waals surface area contributed by atoms with Gasteiger partial charge in [0.1, 0.15) is 5.75 Å². The molecule has 0 heterocycles. The zero-order valence-corrected chi connectivity index (χ0v) is 13.1. The molecule has 2 aliphatic rings.